The molecule has 162 valence electrons. The number of nitrogens with zero attached hydrogens (tertiary/aromatic N) is 2. The molecule has 0 bridgehead atoms. The first-order valence-electron chi connectivity index (χ1n) is 11.0. The fourth-order valence-corrected chi connectivity index (χ4v) is 4.36. The Balaban J connectivity index is 1.21. The number of hydrogen-bond donors (Lipinski definition) is 3. The van der Waals surface area contributed by atoms with Crippen molar-refractivity contribution in [3.8, 4) is 0 Å². The number of anilines is 4. The molecule has 2 aromatic heterocycles. The van der Waals surface area contributed by atoms with Crippen LogP contribution < -0.4 is 20.5 Å². The Kier molecular flexibility index (Phi) is 5.46. The molecule has 7 nitrogen and oxygen atoms in total. The number of benzene rings is 2. The molecule has 2 aromatic carbocycles. The highest BCUT2D eigenvalue weighted by Gasteiger charge is 2.30. The third kappa shape index (κ3) is 4.14. The van der Waals surface area contributed by atoms with Gasteiger partial charge in [-0.25, -0.2) is 4.98 Å². The highest BCUT2D eigenvalue weighted by molar-refractivity contribution is 5.93. The van der Waals surface area contributed by atoms with Gasteiger partial charge in [0.25, 0.3) is 0 Å². The number of aryl methyl sites for hydroxylation is 1. The van der Waals surface area contributed by atoms with Gasteiger partial charge >= 0.3 is 0 Å². The lowest BCUT2D eigenvalue weighted by Gasteiger charge is -2.28. The van der Waals surface area contributed by atoms with Crippen LogP contribution in [0, 0.1) is 12.8 Å². The lowest BCUT2D eigenvalue weighted by molar-refractivity contribution is -0.367. The van der Waals surface area contributed by atoms with Gasteiger partial charge in [-0.3, -0.25) is 9.69 Å². The molecule has 7 heteroatoms. The van der Waals surface area contributed by atoms with E-state index in [1.54, 1.807) is 6.33 Å². The molecule has 4 N–H and O–H groups in total. The molecule has 4 aromatic rings. The van der Waals surface area contributed by atoms with Crippen LogP contribution in [0.3, 0.4) is 0 Å². The molecule has 0 aliphatic carbocycles. The van der Waals surface area contributed by atoms with Crippen molar-refractivity contribution >= 4 is 39.8 Å². The van der Waals surface area contributed by atoms with Crippen LogP contribution in [0.15, 0.2) is 67.1 Å². The Morgan fingerprint density at radius 3 is 2.62 bits per heavy atom. The second kappa shape index (κ2) is 8.70. The van der Waals surface area contributed by atoms with E-state index in [4.69, 9.17) is 0 Å². The average Bonchev–Trinajstić information content (AvgIpc) is 3.21. The maximum absolute atomic E-state index is 12.9. The fourth-order valence-electron chi connectivity index (χ4n) is 4.36. The molecule has 3 heterocycles. The van der Waals surface area contributed by atoms with Crippen molar-refractivity contribution in [1.29, 1.82) is 0 Å². The van der Waals surface area contributed by atoms with Crippen LogP contribution in [0.4, 0.5) is 22.9 Å². The van der Waals surface area contributed by atoms with Gasteiger partial charge in [0.1, 0.15) is 5.39 Å². The van der Waals surface area contributed by atoms with Gasteiger partial charge in [0, 0.05) is 29.2 Å². The highest BCUT2D eigenvalue weighted by Crippen LogP contribution is 2.28. The number of hydrogen-bond acceptors (Lipinski definition) is 4. The SMILES string of the molecule is Cc1c[nH]c2nc[nH+]c(N3CCC(C(=O)Nc4cccc(Nc5ccccc5)c4)CC3)c12. The van der Waals surface area contributed by atoms with Gasteiger partial charge < -0.3 is 15.6 Å². The van der Waals surface area contributed by atoms with Gasteiger partial charge in [-0.2, -0.15) is 0 Å². The first-order chi connectivity index (χ1) is 15.7. The lowest BCUT2D eigenvalue weighted by Crippen LogP contribution is -2.40. The van der Waals surface area contributed by atoms with E-state index in [-0.39, 0.29) is 11.8 Å². The van der Waals surface area contributed by atoms with Crippen LogP contribution in [-0.2, 0) is 4.79 Å². The first kappa shape index (κ1) is 20.1. The molecule has 1 fully saturated rings. The van der Waals surface area contributed by atoms with E-state index >= 15 is 0 Å². The van der Waals surface area contributed by atoms with Crippen LogP contribution in [0.1, 0.15) is 18.4 Å². The van der Waals surface area contributed by atoms with E-state index in [1.807, 2.05) is 60.8 Å². The maximum Gasteiger partial charge on any atom is 0.234 e. The molecule has 0 unspecified atom stereocenters. The standard InChI is InChI=1S/C25H26N6O/c1-17-15-26-23-22(17)24(28-16-27-23)31-12-10-18(11-13-31)25(32)30-21-9-5-8-20(14-21)29-19-6-3-2-4-7-19/h2-9,14-16,18,29H,10-13H2,1H3,(H,30,32)(H,26,27,28)/p+1. The number of aromatic amines is 2. The zero-order valence-electron chi connectivity index (χ0n) is 18.1. The van der Waals surface area contributed by atoms with Crippen molar-refractivity contribution in [3.05, 3.63) is 72.7 Å². The van der Waals surface area contributed by atoms with Crippen molar-refractivity contribution in [3.63, 3.8) is 0 Å². The number of rotatable bonds is 5. The minimum Gasteiger partial charge on any atom is -0.355 e. The second-order valence-corrected chi connectivity index (χ2v) is 8.27. The van der Waals surface area contributed by atoms with Gasteiger partial charge in [0.2, 0.25) is 23.7 Å². The topological polar surface area (TPSA) is 87.2 Å². The average molecular weight is 428 g/mol. The van der Waals surface area contributed by atoms with E-state index < -0.39 is 0 Å². The van der Waals surface area contributed by atoms with Gasteiger partial charge in [0.15, 0.2) is 0 Å². The van der Waals surface area contributed by atoms with Gasteiger partial charge in [0.05, 0.1) is 13.1 Å². The first-order valence-corrected chi connectivity index (χ1v) is 11.0. The number of aromatic nitrogens is 3. The molecule has 32 heavy (non-hydrogen) atoms. The molecule has 1 amide bonds. The summed E-state index contributed by atoms with van der Waals surface area (Å²) in [6.07, 6.45) is 5.34. The van der Waals surface area contributed by atoms with Crippen molar-refractivity contribution in [2.45, 2.75) is 19.8 Å². The van der Waals surface area contributed by atoms with Crippen molar-refractivity contribution in [1.82, 2.24) is 9.97 Å². The highest BCUT2D eigenvalue weighted by atomic mass is 16.1. The number of para-hydroxylation sites is 1. The summed E-state index contributed by atoms with van der Waals surface area (Å²) in [6, 6.07) is 17.9. The van der Waals surface area contributed by atoms with E-state index in [1.165, 1.54) is 5.56 Å². The molecular weight excluding hydrogens is 400 g/mol. The van der Waals surface area contributed by atoms with E-state index in [9.17, 15) is 4.79 Å². The number of amides is 1. The van der Waals surface area contributed by atoms with Crippen molar-refractivity contribution in [2.75, 3.05) is 28.6 Å². The van der Waals surface area contributed by atoms with Crippen molar-refractivity contribution in [2.24, 2.45) is 5.92 Å². The normalized spacial score (nSPS) is 14.5. The number of H-pyrrole nitrogens is 2. The number of carbonyl (C=O) groups excluding carboxylic acids is 1. The van der Waals surface area contributed by atoms with Gasteiger partial charge in [-0.05, 0) is 55.7 Å². The molecule has 0 saturated carbocycles. The fraction of sp³-hybridized carbons (Fsp3) is 0.240. The molecule has 1 saturated heterocycles. The smallest absolute Gasteiger partial charge is 0.234 e. The van der Waals surface area contributed by atoms with E-state index in [2.05, 4.69) is 37.4 Å². The van der Waals surface area contributed by atoms with Crippen LogP contribution in [-0.4, -0.2) is 29.0 Å². The summed E-state index contributed by atoms with van der Waals surface area (Å²) in [5, 5.41) is 7.60. The number of carbonyl (C=O) groups is 1. The molecular formula is C25H27N6O+. The van der Waals surface area contributed by atoms with E-state index in [0.29, 0.717) is 0 Å². The Labute approximate surface area is 186 Å². The number of piperidine rings is 1. The summed E-state index contributed by atoms with van der Waals surface area (Å²) < 4.78 is 0. The van der Waals surface area contributed by atoms with Gasteiger partial charge in [-0.15, -0.1) is 0 Å². The monoisotopic (exact) mass is 427 g/mol. The molecule has 1 aliphatic heterocycles. The largest absolute Gasteiger partial charge is 0.355 e. The Morgan fingerprint density at radius 2 is 1.81 bits per heavy atom. The number of fused-ring (bicyclic) bond motifs is 1. The van der Waals surface area contributed by atoms with Crippen LogP contribution in [0.5, 0.6) is 0 Å². The predicted octanol–water partition coefficient (Wildman–Crippen LogP) is 4.28. The Morgan fingerprint density at radius 1 is 1.06 bits per heavy atom. The van der Waals surface area contributed by atoms with Gasteiger partial charge in [-0.1, -0.05) is 29.2 Å². The van der Waals surface area contributed by atoms with Crippen LogP contribution in [0.2, 0.25) is 0 Å². The maximum atomic E-state index is 12.9. The molecule has 0 radical (unpaired) electrons. The summed E-state index contributed by atoms with van der Waals surface area (Å²) >= 11 is 0. The molecule has 5 rings (SSSR count). The minimum absolute atomic E-state index is 0.00152. The quantitative estimate of drug-likeness (QED) is 0.444. The predicted molar refractivity (Wildman–Crippen MR) is 127 cm³/mol. The molecule has 0 spiro atoms. The summed E-state index contributed by atoms with van der Waals surface area (Å²) in [4.78, 5) is 26.1. The third-order valence-electron chi connectivity index (χ3n) is 6.06. The molecule has 0 atom stereocenters. The van der Waals surface area contributed by atoms with Crippen LogP contribution >= 0.6 is 0 Å². The summed E-state index contributed by atoms with van der Waals surface area (Å²) in [5.41, 5.74) is 4.83. The molecule has 1 aliphatic rings. The minimum atomic E-state index is 0.00152. The summed E-state index contributed by atoms with van der Waals surface area (Å²) in [7, 11) is 0. The second-order valence-electron chi connectivity index (χ2n) is 8.27. The zero-order chi connectivity index (χ0) is 21.9. The Hall–Kier alpha value is -3.87. The Bertz CT molecular complexity index is 1230. The lowest BCUT2D eigenvalue weighted by atomic mass is 9.95. The van der Waals surface area contributed by atoms with Crippen LogP contribution in [0.25, 0.3) is 11.0 Å². The number of nitrogens with one attached hydrogen (secondary N) is 4. The summed E-state index contributed by atoms with van der Waals surface area (Å²) in [5.74, 6) is 1.16. The third-order valence-corrected chi connectivity index (χ3v) is 6.06. The zero-order valence-corrected chi connectivity index (χ0v) is 18.1. The summed E-state index contributed by atoms with van der Waals surface area (Å²) in [6.45, 7) is 3.74. The van der Waals surface area contributed by atoms with Crippen molar-refractivity contribution < 1.29 is 9.78 Å². The van der Waals surface area contributed by atoms with E-state index in [0.717, 1.165) is 59.8 Å².